The number of barbiturate groups is 1. The van der Waals surface area contributed by atoms with Gasteiger partial charge in [-0.05, 0) is 71.7 Å². The molecular formula is C24H23IN2O4. The van der Waals surface area contributed by atoms with Crippen molar-refractivity contribution in [2.75, 3.05) is 0 Å². The van der Waals surface area contributed by atoms with Crippen LogP contribution >= 0.6 is 22.6 Å². The van der Waals surface area contributed by atoms with E-state index in [-0.39, 0.29) is 11.6 Å². The van der Waals surface area contributed by atoms with Crippen LogP contribution < -0.4 is 10.1 Å². The Bertz CT molecular complexity index is 1060. The van der Waals surface area contributed by atoms with E-state index in [4.69, 9.17) is 4.74 Å². The number of nitrogens with one attached hydrogen (secondary N) is 1. The van der Waals surface area contributed by atoms with E-state index in [2.05, 4.69) is 27.9 Å². The number of hydrogen-bond donors (Lipinski definition) is 1. The van der Waals surface area contributed by atoms with E-state index >= 15 is 0 Å². The second-order valence-electron chi connectivity index (χ2n) is 7.89. The van der Waals surface area contributed by atoms with Crippen molar-refractivity contribution in [2.24, 2.45) is 0 Å². The van der Waals surface area contributed by atoms with Crippen LogP contribution in [0.15, 0.2) is 48.0 Å². The molecule has 4 rings (SSSR count). The minimum absolute atomic E-state index is 0.0179. The Balaban J connectivity index is 1.51. The van der Waals surface area contributed by atoms with Crippen LogP contribution in [0.4, 0.5) is 4.79 Å². The molecule has 0 spiro atoms. The third-order valence-corrected chi connectivity index (χ3v) is 6.45. The molecule has 4 amide bonds. The monoisotopic (exact) mass is 530 g/mol. The van der Waals surface area contributed by atoms with Gasteiger partial charge in [-0.15, -0.1) is 0 Å². The Morgan fingerprint density at radius 1 is 1.10 bits per heavy atom. The number of carbonyl (C=O) groups is 3. The Morgan fingerprint density at radius 2 is 1.81 bits per heavy atom. The average molecular weight is 530 g/mol. The summed E-state index contributed by atoms with van der Waals surface area (Å²) in [5.74, 6) is -0.445. The molecule has 0 bridgehead atoms. The van der Waals surface area contributed by atoms with Gasteiger partial charge >= 0.3 is 6.03 Å². The number of imide groups is 2. The van der Waals surface area contributed by atoms with Crippen molar-refractivity contribution in [3.8, 4) is 5.75 Å². The predicted octanol–water partition coefficient (Wildman–Crippen LogP) is 4.58. The molecule has 1 saturated carbocycles. The van der Waals surface area contributed by atoms with Gasteiger partial charge in [-0.3, -0.25) is 19.8 Å². The largest absolute Gasteiger partial charge is 0.488 e. The van der Waals surface area contributed by atoms with E-state index < -0.39 is 17.8 Å². The molecule has 7 heteroatoms. The van der Waals surface area contributed by atoms with Crippen LogP contribution in [0, 0.1) is 10.5 Å². The lowest BCUT2D eigenvalue weighted by Crippen LogP contribution is -2.57. The standard InChI is InChI=1S/C24H23IN2O4/c1-15-6-8-16(9-7-15)14-31-21-11-10-17(13-20(21)25)12-19-22(28)26-24(30)27(23(19)29)18-4-2-3-5-18/h6-13,18H,2-5,14H2,1H3,(H,26,28,30)/b19-12+. The fraction of sp³-hybridized carbons (Fsp3) is 0.292. The molecule has 2 aliphatic rings. The van der Waals surface area contributed by atoms with Gasteiger partial charge in [0.15, 0.2) is 0 Å². The van der Waals surface area contributed by atoms with Crippen molar-refractivity contribution in [3.05, 3.63) is 68.3 Å². The Hall–Kier alpha value is -2.68. The lowest BCUT2D eigenvalue weighted by atomic mass is 10.1. The van der Waals surface area contributed by atoms with E-state index in [1.807, 2.05) is 43.3 Å². The van der Waals surface area contributed by atoms with E-state index in [0.717, 1.165) is 40.6 Å². The number of benzene rings is 2. The number of halogens is 1. The highest BCUT2D eigenvalue weighted by atomic mass is 127. The van der Waals surface area contributed by atoms with Crippen molar-refractivity contribution >= 4 is 46.5 Å². The summed E-state index contributed by atoms with van der Waals surface area (Å²) in [6, 6.07) is 12.9. The van der Waals surface area contributed by atoms with E-state index in [1.165, 1.54) is 16.5 Å². The first kappa shape index (κ1) is 21.5. The third-order valence-electron chi connectivity index (χ3n) is 5.60. The smallest absolute Gasteiger partial charge is 0.331 e. The molecule has 6 nitrogen and oxygen atoms in total. The molecule has 0 unspecified atom stereocenters. The maximum Gasteiger partial charge on any atom is 0.331 e. The number of carbonyl (C=O) groups excluding carboxylic acids is 3. The molecule has 1 N–H and O–H groups in total. The van der Waals surface area contributed by atoms with Crippen LogP contribution in [0.3, 0.4) is 0 Å². The van der Waals surface area contributed by atoms with Crippen molar-refractivity contribution in [1.29, 1.82) is 0 Å². The minimum Gasteiger partial charge on any atom is -0.488 e. The van der Waals surface area contributed by atoms with Gasteiger partial charge in [0.05, 0.1) is 3.57 Å². The number of amides is 4. The van der Waals surface area contributed by atoms with Gasteiger partial charge in [0.1, 0.15) is 17.9 Å². The summed E-state index contributed by atoms with van der Waals surface area (Å²) in [5, 5.41) is 2.31. The summed E-state index contributed by atoms with van der Waals surface area (Å²) < 4.78 is 6.79. The summed E-state index contributed by atoms with van der Waals surface area (Å²) in [6.07, 6.45) is 5.07. The molecule has 1 aliphatic carbocycles. The Kier molecular flexibility index (Phi) is 6.41. The zero-order chi connectivity index (χ0) is 22.0. The normalized spacial score (nSPS) is 18.6. The van der Waals surface area contributed by atoms with Gasteiger partial charge in [0, 0.05) is 6.04 Å². The second kappa shape index (κ2) is 9.21. The van der Waals surface area contributed by atoms with E-state index in [1.54, 1.807) is 6.07 Å². The number of hydrogen-bond acceptors (Lipinski definition) is 4. The molecule has 160 valence electrons. The zero-order valence-electron chi connectivity index (χ0n) is 17.2. The van der Waals surface area contributed by atoms with Crippen LogP contribution in [0.25, 0.3) is 6.08 Å². The van der Waals surface area contributed by atoms with Gasteiger partial charge in [-0.2, -0.15) is 0 Å². The number of ether oxygens (including phenoxy) is 1. The first-order chi connectivity index (χ1) is 14.9. The van der Waals surface area contributed by atoms with Crippen LogP contribution in [-0.4, -0.2) is 28.8 Å². The van der Waals surface area contributed by atoms with Gasteiger partial charge < -0.3 is 4.74 Å². The average Bonchev–Trinajstić information content (AvgIpc) is 3.26. The Labute approximate surface area is 194 Å². The molecule has 0 radical (unpaired) electrons. The number of aryl methyl sites for hydroxylation is 1. The van der Waals surface area contributed by atoms with Crippen molar-refractivity contribution in [1.82, 2.24) is 10.2 Å². The highest BCUT2D eigenvalue weighted by Crippen LogP contribution is 2.28. The quantitative estimate of drug-likeness (QED) is 0.349. The number of nitrogens with zero attached hydrogens (tertiary/aromatic N) is 1. The first-order valence-electron chi connectivity index (χ1n) is 10.3. The Morgan fingerprint density at radius 3 is 2.48 bits per heavy atom. The molecule has 1 saturated heterocycles. The topological polar surface area (TPSA) is 75.7 Å². The number of urea groups is 1. The van der Waals surface area contributed by atoms with Crippen molar-refractivity contribution < 1.29 is 19.1 Å². The first-order valence-corrected chi connectivity index (χ1v) is 11.4. The summed E-state index contributed by atoms with van der Waals surface area (Å²) >= 11 is 2.17. The van der Waals surface area contributed by atoms with Crippen molar-refractivity contribution in [2.45, 2.75) is 45.3 Å². The summed E-state index contributed by atoms with van der Waals surface area (Å²) in [4.78, 5) is 38.7. The molecule has 2 aromatic rings. The molecule has 1 heterocycles. The molecule has 31 heavy (non-hydrogen) atoms. The fourth-order valence-electron chi connectivity index (χ4n) is 3.90. The molecule has 2 fully saturated rings. The maximum absolute atomic E-state index is 12.9. The van der Waals surface area contributed by atoms with E-state index in [0.29, 0.717) is 12.2 Å². The van der Waals surface area contributed by atoms with Crippen LogP contribution in [0.1, 0.15) is 42.4 Å². The van der Waals surface area contributed by atoms with Gasteiger partial charge in [0.25, 0.3) is 11.8 Å². The van der Waals surface area contributed by atoms with Crippen molar-refractivity contribution in [3.63, 3.8) is 0 Å². The molecule has 0 aromatic heterocycles. The SMILES string of the molecule is Cc1ccc(COc2ccc(/C=C3\C(=O)NC(=O)N(C4CCCC4)C3=O)cc2I)cc1. The van der Waals surface area contributed by atoms with Gasteiger partial charge in [-0.1, -0.05) is 48.7 Å². The summed E-state index contributed by atoms with van der Waals surface area (Å²) in [7, 11) is 0. The lowest BCUT2D eigenvalue weighted by molar-refractivity contribution is -0.131. The molecule has 0 atom stereocenters. The maximum atomic E-state index is 12.9. The molecule has 2 aromatic carbocycles. The molecular weight excluding hydrogens is 507 g/mol. The highest BCUT2D eigenvalue weighted by molar-refractivity contribution is 14.1. The number of rotatable bonds is 5. The molecule has 1 aliphatic heterocycles. The van der Waals surface area contributed by atoms with Crippen LogP contribution in [-0.2, 0) is 16.2 Å². The van der Waals surface area contributed by atoms with Gasteiger partial charge in [0.2, 0.25) is 0 Å². The minimum atomic E-state index is -0.654. The zero-order valence-corrected chi connectivity index (χ0v) is 19.3. The second-order valence-corrected chi connectivity index (χ2v) is 9.06. The van der Waals surface area contributed by atoms with Crippen LogP contribution in [0.2, 0.25) is 0 Å². The highest BCUT2D eigenvalue weighted by Gasteiger charge is 2.40. The lowest BCUT2D eigenvalue weighted by Gasteiger charge is -2.31. The van der Waals surface area contributed by atoms with Crippen LogP contribution in [0.5, 0.6) is 5.75 Å². The summed E-state index contributed by atoms with van der Waals surface area (Å²) in [5.41, 5.74) is 2.96. The fourth-order valence-corrected chi connectivity index (χ4v) is 4.60. The summed E-state index contributed by atoms with van der Waals surface area (Å²) in [6.45, 7) is 2.50. The predicted molar refractivity (Wildman–Crippen MR) is 125 cm³/mol. The van der Waals surface area contributed by atoms with E-state index in [9.17, 15) is 14.4 Å². The van der Waals surface area contributed by atoms with Gasteiger partial charge in [-0.25, -0.2) is 4.79 Å². The third kappa shape index (κ3) is 4.81.